The fourth-order valence-electron chi connectivity index (χ4n) is 2.33. The molecular formula is C12H24N2O. The minimum absolute atomic E-state index is 0.409. The average molecular weight is 212 g/mol. The zero-order valence-electron chi connectivity index (χ0n) is 10.3. The maximum absolute atomic E-state index is 5.73. The van der Waals surface area contributed by atoms with Gasteiger partial charge in [0.25, 0.3) is 0 Å². The molecule has 2 aliphatic rings. The number of rotatable bonds is 2. The first-order chi connectivity index (χ1) is 7.35. The van der Waals surface area contributed by atoms with Crippen LogP contribution in [0.2, 0.25) is 0 Å². The molecule has 0 aromatic heterocycles. The Hall–Kier alpha value is -0.540. The fourth-order valence-corrected chi connectivity index (χ4v) is 2.33. The maximum Gasteiger partial charge on any atom is 0.0922 e. The van der Waals surface area contributed by atoms with E-state index < -0.39 is 0 Å². The van der Waals surface area contributed by atoms with Gasteiger partial charge in [-0.25, -0.2) is 0 Å². The van der Waals surface area contributed by atoms with Crippen LogP contribution in [-0.4, -0.2) is 54.7 Å². The van der Waals surface area contributed by atoms with Crippen molar-refractivity contribution in [1.29, 1.82) is 0 Å². The summed E-state index contributed by atoms with van der Waals surface area (Å²) in [6, 6.07) is 0.594. The zero-order chi connectivity index (χ0) is 11.3. The average Bonchev–Trinajstić information content (AvgIpc) is 2.74. The lowest BCUT2D eigenvalue weighted by Crippen LogP contribution is -2.50. The van der Waals surface area contributed by atoms with Gasteiger partial charge in [-0.15, -0.1) is 0 Å². The molecule has 3 heteroatoms. The first kappa shape index (κ1) is 12.5. The van der Waals surface area contributed by atoms with Crippen molar-refractivity contribution in [3.63, 3.8) is 0 Å². The Morgan fingerprint density at radius 3 is 2.73 bits per heavy atom. The summed E-state index contributed by atoms with van der Waals surface area (Å²) >= 11 is 0. The third-order valence-electron chi connectivity index (χ3n) is 3.11. The highest BCUT2D eigenvalue weighted by atomic mass is 16.5. The van der Waals surface area contributed by atoms with Gasteiger partial charge in [-0.3, -0.25) is 4.90 Å². The summed E-state index contributed by atoms with van der Waals surface area (Å²) in [7, 11) is 0. The van der Waals surface area contributed by atoms with Gasteiger partial charge in [0.1, 0.15) is 0 Å². The first-order valence-electron chi connectivity index (χ1n) is 6.07. The molecule has 2 rings (SSSR count). The molecule has 0 saturated carbocycles. The van der Waals surface area contributed by atoms with Gasteiger partial charge in [-0.1, -0.05) is 27.4 Å². The Morgan fingerprint density at radius 2 is 2.13 bits per heavy atom. The summed E-state index contributed by atoms with van der Waals surface area (Å²) in [6.07, 6.45) is 2.34. The third kappa shape index (κ3) is 2.73. The Kier molecular flexibility index (Phi) is 5.12. The lowest BCUT2D eigenvalue weighted by Gasteiger charge is -2.35. The van der Waals surface area contributed by atoms with Crippen LogP contribution in [-0.2, 0) is 4.74 Å². The number of nitrogens with zero attached hydrogens (tertiary/aromatic N) is 2. The van der Waals surface area contributed by atoms with Gasteiger partial charge in [0.15, 0.2) is 0 Å². The number of likely N-dealkylation sites (N-methyl/N-ethyl adjacent to an activating group) is 1. The molecule has 0 aromatic carbocycles. The summed E-state index contributed by atoms with van der Waals surface area (Å²) in [6.45, 7) is 15.2. The molecule has 2 atom stereocenters. The molecule has 15 heavy (non-hydrogen) atoms. The lowest BCUT2D eigenvalue weighted by atomic mass is 10.1. The Bertz CT molecular complexity index is 196. The van der Waals surface area contributed by atoms with Crippen LogP contribution in [0.1, 0.15) is 20.8 Å². The molecule has 2 aliphatic heterocycles. The maximum atomic E-state index is 5.73. The molecule has 0 N–H and O–H groups in total. The number of morpholine rings is 1. The quantitative estimate of drug-likeness (QED) is 0.691. The van der Waals surface area contributed by atoms with E-state index in [1.165, 1.54) is 0 Å². The molecule has 0 aromatic rings. The highest BCUT2D eigenvalue weighted by Crippen LogP contribution is 2.22. The number of hydrogen-bond donors (Lipinski definition) is 0. The zero-order valence-corrected chi connectivity index (χ0v) is 10.3. The van der Waals surface area contributed by atoms with Crippen molar-refractivity contribution < 1.29 is 4.74 Å². The number of ether oxygens (including phenoxy) is 1. The van der Waals surface area contributed by atoms with E-state index in [2.05, 4.69) is 23.3 Å². The van der Waals surface area contributed by atoms with Crippen molar-refractivity contribution >= 4 is 0 Å². The minimum Gasteiger partial charge on any atom is -0.374 e. The molecule has 2 fully saturated rings. The molecule has 0 bridgehead atoms. The van der Waals surface area contributed by atoms with Gasteiger partial charge < -0.3 is 9.64 Å². The highest BCUT2D eigenvalue weighted by molar-refractivity contribution is 4.96. The van der Waals surface area contributed by atoms with Crippen molar-refractivity contribution in [3.05, 3.63) is 12.8 Å². The van der Waals surface area contributed by atoms with Crippen LogP contribution < -0.4 is 0 Å². The van der Waals surface area contributed by atoms with Crippen LogP contribution in [0.4, 0.5) is 0 Å². The van der Waals surface area contributed by atoms with E-state index in [0.717, 1.165) is 32.8 Å². The monoisotopic (exact) mass is 212 g/mol. The van der Waals surface area contributed by atoms with Crippen molar-refractivity contribution in [2.45, 2.75) is 32.9 Å². The van der Waals surface area contributed by atoms with Crippen LogP contribution in [0.5, 0.6) is 0 Å². The summed E-state index contributed by atoms with van der Waals surface area (Å²) in [5.74, 6) is 0. The molecule has 88 valence electrons. The van der Waals surface area contributed by atoms with Crippen molar-refractivity contribution in [2.24, 2.45) is 0 Å². The number of likely N-dealkylation sites (tertiary alicyclic amines) is 1. The molecule has 0 amide bonds. The normalized spacial score (nSPS) is 30.5. The van der Waals surface area contributed by atoms with Crippen LogP contribution in [0.25, 0.3) is 0 Å². The molecule has 0 aliphatic carbocycles. The molecular weight excluding hydrogens is 188 g/mol. The first-order valence-corrected chi connectivity index (χ1v) is 6.07. The molecule has 2 unspecified atom stereocenters. The number of hydrogen-bond acceptors (Lipinski definition) is 3. The van der Waals surface area contributed by atoms with Gasteiger partial charge in [-0.2, -0.15) is 0 Å². The third-order valence-corrected chi connectivity index (χ3v) is 3.11. The second kappa shape index (κ2) is 6.13. The van der Waals surface area contributed by atoms with E-state index in [1.807, 2.05) is 20.0 Å². The molecule has 2 heterocycles. The summed E-state index contributed by atoms with van der Waals surface area (Å²) < 4.78 is 5.73. The highest BCUT2D eigenvalue weighted by Gasteiger charge is 2.38. The van der Waals surface area contributed by atoms with E-state index in [9.17, 15) is 0 Å². The predicted molar refractivity (Wildman–Crippen MR) is 63.9 cm³/mol. The van der Waals surface area contributed by atoms with E-state index in [4.69, 9.17) is 4.74 Å². The van der Waals surface area contributed by atoms with Crippen LogP contribution in [0.15, 0.2) is 12.8 Å². The smallest absolute Gasteiger partial charge is 0.0922 e. The topological polar surface area (TPSA) is 15.7 Å². The van der Waals surface area contributed by atoms with E-state index >= 15 is 0 Å². The Balaban J connectivity index is 0.000000531. The van der Waals surface area contributed by atoms with Crippen molar-refractivity contribution in [2.75, 3.05) is 32.8 Å². The number of fused-ring (bicyclic) bond motifs is 1. The van der Waals surface area contributed by atoms with E-state index in [1.54, 1.807) is 0 Å². The SMILES string of the molecule is C=CN1CC2OCCN(CC)C2C1.CC. The molecule has 0 spiro atoms. The minimum atomic E-state index is 0.409. The van der Waals surface area contributed by atoms with Gasteiger partial charge in [-0.05, 0) is 12.7 Å². The van der Waals surface area contributed by atoms with E-state index in [0.29, 0.717) is 12.1 Å². The summed E-state index contributed by atoms with van der Waals surface area (Å²) in [5, 5.41) is 0. The second-order valence-electron chi connectivity index (χ2n) is 3.74. The Labute approximate surface area is 93.7 Å². The predicted octanol–water partition coefficient (Wildman–Crippen LogP) is 1.56. The van der Waals surface area contributed by atoms with Gasteiger partial charge >= 0.3 is 0 Å². The molecule has 2 saturated heterocycles. The van der Waals surface area contributed by atoms with Gasteiger partial charge in [0.2, 0.25) is 0 Å². The fraction of sp³-hybridized carbons (Fsp3) is 0.833. The summed E-state index contributed by atoms with van der Waals surface area (Å²) in [4.78, 5) is 4.76. The van der Waals surface area contributed by atoms with Crippen molar-refractivity contribution in [3.8, 4) is 0 Å². The summed E-state index contributed by atoms with van der Waals surface area (Å²) in [5.41, 5.74) is 0. The van der Waals surface area contributed by atoms with Gasteiger partial charge in [0.05, 0.1) is 18.8 Å². The lowest BCUT2D eigenvalue weighted by molar-refractivity contribution is -0.0449. The standard InChI is InChI=1S/C10H18N2O.C2H6/c1-3-11-7-9-10(8-11)13-6-5-12(9)4-2;1-2/h3,9-10H,1,4-8H2,2H3;1-2H3. The van der Waals surface area contributed by atoms with Crippen LogP contribution in [0, 0.1) is 0 Å². The van der Waals surface area contributed by atoms with Crippen molar-refractivity contribution in [1.82, 2.24) is 9.80 Å². The van der Waals surface area contributed by atoms with Crippen LogP contribution in [0.3, 0.4) is 0 Å². The second-order valence-corrected chi connectivity index (χ2v) is 3.74. The van der Waals surface area contributed by atoms with E-state index in [-0.39, 0.29) is 0 Å². The molecule has 0 radical (unpaired) electrons. The largest absolute Gasteiger partial charge is 0.374 e. The Morgan fingerprint density at radius 1 is 1.40 bits per heavy atom. The molecule has 3 nitrogen and oxygen atoms in total. The van der Waals surface area contributed by atoms with Crippen LogP contribution >= 0.6 is 0 Å². The van der Waals surface area contributed by atoms with Gasteiger partial charge in [0, 0.05) is 19.6 Å².